The Morgan fingerprint density at radius 3 is 2.14 bits per heavy atom. The maximum Gasteiger partial charge on any atom is 0.328 e. The van der Waals surface area contributed by atoms with Gasteiger partial charge >= 0.3 is 17.9 Å². The molecule has 0 rings (SSSR count). The third kappa shape index (κ3) is 17.9. The molecule has 0 aromatic rings. The second-order valence-electron chi connectivity index (χ2n) is 8.49. The van der Waals surface area contributed by atoms with E-state index in [1.807, 2.05) is 44.2 Å². The molecule has 0 saturated carbocycles. The summed E-state index contributed by atoms with van der Waals surface area (Å²) in [5.41, 5.74) is 1.29. The molecule has 0 radical (unpaired) electrons. The molecule has 1 unspecified atom stereocenters. The van der Waals surface area contributed by atoms with Crippen LogP contribution in [0.1, 0.15) is 59.3 Å². The lowest BCUT2D eigenvalue weighted by atomic mass is 10.0. The first-order valence-electron chi connectivity index (χ1n) is 11.8. The van der Waals surface area contributed by atoms with Gasteiger partial charge < -0.3 is 20.1 Å². The van der Waals surface area contributed by atoms with Crippen LogP contribution in [-0.2, 0) is 19.1 Å². The number of rotatable bonds is 18. The number of carboxylic acid groups (broad SMARTS) is 3. The van der Waals surface area contributed by atoms with Crippen molar-refractivity contribution in [2.75, 3.05) is 7.11 Å². The number of ether oxygens (including phenoxy) is 1. The number of carboxylic acids is 3. The summed E-state index contributed by atoms with van der Waals surface area (Å²) in [5.74, 6) is -3.27. The Kier molecular flexibility index (Phi) is 17.4. The van der Waals surface area contributed by atoms with E-state index in [9.17, 15) is 14.4 Å². The summed E-state index contributed by atoms with van der Waals surface area (Å²) >= 11 is 0. The minimum Gasteiger partial charge on any atom is -0.481 e. The van der Waals surface area contributed by atoms with Gasteiger partial charge in [0.15, 0.2) is 0 Å². The van der Waals surface area contributed by atoms with Crippen molar-refractivity contribution in [1.29, 1.82) is 0 Å². The molecule has 0 aliphatic rings. The first-order chi connectivity index (χ1) is 16.6. The molecule has 35 heavy (non-hydrogen) atoms. The Morgan fingerprint density at radius 2 is 1.54 bits per heavy atom. The molecule has 0 aromatic carbocycles. The molecule has 0 fully saturated rings. The number of aliphatic carboxylic acids is 3. The average Bonchev–Trinajstić information content (AvgIpc) is 2.78. The van der Waals surface area contributed by atoms with Gasteiger partial charge in [0, 0.05) is 13.2 Å². The number of hydrogen-bond acceptors (Lipinski definition) is 4. The standard InChI is InChI=1S/C28H40O7/c1-21(15-18-24(19-26(29)30)20-27(31)32)13-11-9-7-5-6-8-10-12-14-25(35-4)22(2)16-17-23(3)28(33)34/h6,8-12,15-16,18-19,21,23,25H,5,7,13-14,17,20H2,1-4H3,(H,29,30)(H,31,32)(H,33,34)/b8-6+,11-9+,12-10-,18-15+,22-16-,24-19+/t21-,23?,25+/m0/s1. The number of allylic oxidation sites excluding steroid dienone is 8. The normalized spacial score (nSPS) is 15.9. The first kappa shape index (κ1) is 31.8. The molecular weight excluding hydrogens is 448 g/mol. The summed E-state index contributed by atoms with van der Waals surface area (Å²) in [7, 11) is 1.65. The molecule has 3 atom stereocenters. The first-order valence-corrected chi connectivity index (χ1v) is 11.8. The topological polar surface area (TPSA) is 121 Å². The van der Waals surface area contributed by atoms with Crippen molar-refractivity contribution < 1.29 is 34.4 Å². The van der Waals surface area contributed by atoms with Crippen LogP contribution in [0.4, 0.5) is 0 Å². The van der Waals surface area contributed by atoms with Crippen molar-refractivity contribution in [1.82, 2.24) is 0 Å². The monoisotopic (exact) mass is 488 g/mol. The molecule has 7 nitrogen and oxygen atoms in total. The summed E-state index contributed by atoms with van der Waals surface area (Å²) in [4.78, 5) is 32.5. The van der Waals surface area contributed by atoms with Crippen molar-refractivity contribution in [2.24, 2.45) is 11.8 Å². The van der Waals surface area contributed by atoms with Crippen molar-refractivity contribution in [3.8, 4) is 0 Å². The van der Waals surface area contributed by atoms with Gasteiger partial charge in [0.25, 0.3) is 0 Å². The third-order valence-electron chi connectivity index (χ3n) is 5.22. The predicted molar refractivity (Wildman–Crippen MR) is 138 cm³/mol. The lowest BCUT2D eigenvalue weighted by molar-refractivity contribution is -0.141. The van der Waals surface area contributed by atoms with Gasteiger partial charge in [0.05, 0.1) is 18.4 Å². The highest BCUT2D eigenvalue weighted by atomic mass is 16.5. The highest BCUT2D eigenvalue weighted by molar-refractivity contribution is 5.83. The molecule has 0 spiro atoms. The van der Waals surface area contributed by atoms with E-state index in [0.29, 0.717) is 12.8 Å². The van der Waals surface area contributed by atoms with Gasteiger partial charge in [0.1, 0.15) is 0 Å². The number of methoxy groups -OCH3 is 1. The molecule has 7 heteroatoms. The lowest BCUT2D eigenvalue weighted by Crippen LogP contribution is -2.13. The van der Waals surface area contributed by atoms with Crippen LogP contribution >= 0.6 is 0 Å². The van der Waals surface area contributed by atoms with E-state index < -0.39 is 23.8 Å². The Balaban J connectivity index is 4.35. The summed E-state index contributed by atoms with van der Waals surface area (Å²) in [5, 5.41) is 26.6. The molecule has 0 bridgehead atoms. The van der Waals surface area contributed by atoms with E-state index in [4.69, 9.17) is 20.1 Å². The van der Waals surface area contributed by atoms with Crippen LogP contribution in [0.3, 0.4) is 0 Å². The van der Waals surface area contributed by atoms with Gasteiger partial charge in [-0.3, -0.25) is 9.59 Å². The minimum absolute atomic E-state index is 0.0700. The SMILES string of the molecule is CO[C@H](C/C=C\C=C\CC/C=C/C[C@H](C)/C=C/C(=C\C(=O)O)CC(=O)O)/C(C)=C\CC(C)C(=O)O. The van der Waals surface area contributed by atoms with Crippen LogP contribution in [0.25, 0.3) is 0 Å². The summed E-state index contributed by atoms with van der Waals surface area (Å²) < 4.78 is 5.50. The van der Waals surface area contributed by atoms with Crippen LogP contribution in [0.15, 0.2) is 71.9 Å². The van der Waals surface area contributed by atoms with Gasteiger partial charge in [-0.1, -0.05) is 68.5 Å². The molecule has 0 aliphatic heterocycles. The molecule has 0 aromatic heterocycles. The van der Waals surface area contributed by atoms with E-state index in [2.05, 4.69) is 18.2 Å². The second-order valence-corrected chi connectivity index (χ2v) is 8.49. The van der Waals surface area contributed by atoms with E-state index in [1.54, 1.807) is 20.1 Å². The Hall–Kier alpha value is -3.19. The predicted octanol–water partition coefficient (Wildman–Crippen LogP) is 5.97. The summed E-state index contributed by atoms with van der Waals surface area (Å²) in [6.45, 7) is 5.63. The van der Waals surface area contributed by atoms with Gasteiger partial charge in [-0.25, -0.2) is 4.79 Å². The van der Waals surface area contributed by atoms with Crippen LogP contribution in [0, 0.1) is 11.8 Å². The lowest BCUT2D eigenvalue weighted by Gasteiger charge is -2.14. The van der Waals surface area contributed by atoms with E-state index in [1.165, 1.54) is 0 Å². The largest absolute Gasteiger partial charge is 0.481 e. The number of carbonyl (C=O) groups is 3. The number of hydrogen-bond donors (Lipinski definition) is 3. The molecule has 0 saturated heterocycles. The van der Waals surface area contributed by atoms with Crippen molar-refractivity contribution in [2.45, 2.75) is 65.4 Å². The smallest absolute Gasteiger partial charge is 0.328 e. The molecular formula is C28H40O7. The molecule has 0 aliphatic carbocycles. The molecule has 0 heterocycles. The van der Waals surface area contributed by atoms with Crippen LogP contribution in [0.5, 0.6) is 0 Å². The van der Waals surface area contributed by atoms with Crippen LogP contribution in [0.2, 0.25) is 0 Å². The van der Waals surface area contributed by atoms with Crippen LogP contribution < -0.4 is 0 Å². The maximum atomic E-state index is 10.9. The van der Waals surface area contributed by atoms with E-state index >= 15 is 0 Å². The van der Waals surface area contributed by atoms with Gasteiger partial charge in [-0.05, 0) is 56.1 Å². The van der Waals surface area contributed by atoms with E-state index in [0.717, 1.165) is 30.9 Å². The van der Waals surface area contributed by atoms with Gasteiger partial charge in [-0.15, -0.1) is 0 Å². The fourth-order valence-corrected chi connectivity index (χ4v) is 3.00. The van der Waals surface area contributed by atoms with Crippen molar-refractivity contribution in [3.63, 3.8) is 0 Å². The van der Waals surface area contributed by atoms with Crippen LogP contribution in [-0.4, -0.2) is 46.4 Å². The van der Waals surface area contributed by atoms with E-state index in [-0.39, 0.29) is 24.0 Å². The fraction of sp³-hybridized carbons (Fsp3) is 0.464. The third-order valence-corrected chi connectivity index (χ3v) is 5.22. The molecule has 194 valence electrons. The zero-order valence-electron chi connectivity index (χ0n) is 21.2. The molecule has 0 amide bonds. The maximum absolute atomic E-state index is 10.9. The second kappa shape index (κ2) is 19.2. The Labute approximate surface area is 208 Å². The highest BCUT2D eigenvalue weighted by Crippen LogP contribution is 2.14. The zero-order valence-corrected chi connectivity index (χ0v) is 21.2. The fourth-order valence-electron chi connectivity index (χ4n) is 3.00. The average molecular weight is 489 g/mol. The number of unbranched alkanes of at least 4 members (excludes halogenated alkanes) is 1. The zero-order chi connectivity index (χ0) is 26.6. The van der Waals surface area contributed by atoms with Gasteiger partial charge in [0.2, 0.25) is 0 Å². The highest BCUT2D eigenvalue weighted by Gasteiger charge is 2.11. The van der Waals surface area contributed by atoms with Gasteiger partial charge in [-0.2, -0.15) is 0 Å². The van der Waals surface area contributed by atoms with Crippen molar-refractivity contribution >= 4 is 17.9 Å². The summed E-state index contributed by atoms with van der Waals surface area (Å²) in [6.07, 6.45) is 21.9. The quantitative estimate of drug-likeness (QED) is 0.0941. The molecule has 3 N–H and O–H groups in total. The van der Waals surface area contributed by atoms with Crippen molar-refractivity contribution in [3.05, 3.63) is 71.9 Å². The summed E-state index contributed by atoms with van der Waals surface area (Å²) in [6, 6.07) is 0. The Bertz CT molecular complexity index is 843. The minimum atomic E-state index is -1.16. The Morgan fingerprint density at radius 1 is 0.886 bits per heavy atom.